The molecule has 0 saturated heterocycles. The molecular formula is C26H31F4N3O2. The highest BCUT2D eigenvalue weighted by Gasteiger charge is 2.67. The molecule has 1 heterocycles. The van der Waals surface area contributed by atoms with Crippen LogP contribution >= 0.6 is 0 Å². The molecule has 1 N–H and O–H groups in total. The van der Waals surface area contributed by atoms with Crippen LogP contribution in [0.3, 0.4) is 0 Å². The van der Waals surface area contributed by atoms with Gasteiger partial charge in [0.1, 0.15) is 5.82 Å². The summed E-state index contributed by atoms with van der Waals surface area (Å²) >= 11 is 0. The molecule has 190 valence electrons. The summed E-state index contributed by atoms with van der Waals surface area (Å²) in [6.07, 6.45) is -2.75. The number of aromatic nitrogens is 1. The number of hydrogen-bond acceptors (Lipinski definition) is 4. The van der Waals surface area contributed by atoms with E-state index in [-0.39, 0.29) is 55.3 Å². The molecule has 1 saturated carbocycles. The predicted octanol–water partition coefficient (Wildman–Crippen LogP) is 4.92. The molecule has 1 aromatic heterocycles. The molecule has 1 aliphatic carbocycles. The van der Waals surface area contributed by atoms with Gasteiger partial charge in [-0.25, -0.2) is 4.39 Å². The van der Waals surface area contributed by atoms with Crippen molar-refractivity contribution in [3.63, 3.8) is 0 Å². The standard InChI is InChI=1S/C26H31F4N3O2/c1-4-23(34)19-9-8-17(14-21(19)27)13-18(33(2)3)16-32-24(35)15-20(22-7-5-6-12-31-22)25(10-11-25)26(28,29)30/h5-9,12,14,18,20H,4,10-11,13,15-16H2,1-3H3,(H,32,35)/t18-,20-/m0/s1. The lowest BCUT2D eigenvalue weighted by Gasteiger charge is -2.29. The molecular weight excluding hydrogens is 462 g/mol. The van der Waals surface area contributed by atoms with Crippen molar-refractivity contribution >= 4 is 11.7 Å². The molecule has 0 bridgehead atoms. The number of rotatable bonds is 11. The van der Waals surface area contributed by atoms with Gasteiger partial charge >= 0.3 is 6.18 Å². The summed E-state index contributed by atoms with van der Waals surface area (Å²) in [6, 6.07) is 9.03. The van der Waals surface area contributed by atoms with E-state index in [1.165, 1.54) is 24.4 Å². The first kappa shape index (κ1) is 26.8. The number of benzene rings is 1. The normalized spacial score (nSPS) is 16.6. The highest BCUT2D eigenvalue weighted by atomic mass is 19.4. The second-order valence-corrected chi connectivity index (χ2v) is 9.38. The number of amides is 1. The molecule has 9 heteroatoms. The maximum Gasteiger partial charge on any atom is 0.395 e. The van der Waals surface area contributed by atoms with E-state index in [1.807, 2.05) is 19.0 Å². The van der Waals surface area contributed by atoms with Crippen LogP contribution in [-0.2, 0) is 11.2 Å². The molecule has 1 aromatic carbocycles. The molecule has 3 rings (SSSR count). The van der Waals surface area contributed by atoms with Crippen molar-refractivity contribution in [3.8, 4) is 0 Å². The Hall–Kier alpha value is -2.81. The van der Waals surface area contributed by atoms with Gasteiger partial charge in [-0.1, -0.05) is 19.1 Å². The van der Waals surface area contributed by atoms with Gasteiger partial charge in [-0.3, -0.25) is 14.6 Å². The van der Waals surface area contributed by atoms with Crippen LogP contribution in [0.2, 0.25) is 0 Å². The number of alkyl halides is 3. The van der Waals surface area contributed by atoms with Crippen molar-refractivity contribution in [1.29, 1.82) is 0 Å². The fraction of sp³-hybridized carbons (Fsp3) is 0.500. The zero-order chi connectivity index (χ0) is 25.8. The second-order valence-electron chi connectivity index (χ2n) is 9.38. The lowest BCUT2D eigenvalue weighted by atomic mass is 9.82. The van der Waals surface area contributed by atoms with Crippen molar-refractivity contribution in [3.05, 3.63) is 65.2 Å². The fourth-order valence-electron chi connectivity index (χ4n) is 4.43. The number of nitrogens with one attached hydrogen (secondary N) is 1. The Morgan fingerprint density at radius 1 is 1.17 bits per heavy atom. The number of carbonyl (C=O) groups is 2. The molecule has 0 aliphatic heterocycles. The summed E-state index contributed by atoms with van der Waals surface area (Å²) < 4.78 is 55.9. The van der Waals surface area contributed by atoms with E-state index in [9.17, 15) is 27.2 Å². The van der Waals surface area contributed by atoms with E-state index in [0.717, 1.165) is 0 Å². The van der Waals surface area contributed by atoms with Crippen molar-refractivity contribution in [2.45, 2.75) is 57.2 Å². The lowest BCUT2D eigenvalue weighted by Crippen LogP contribution is -2.43. The third kappa shape index (κ3) is 6.25. The van der Waals surface area contributed by atoms with E-state index in [2.05, 4.69) is 10.3 Å². The third-order valence-corrected chi connectivity index (χ3v) is 6.85. The topological polar surface area (TPSA) is 62.3 Å². The van der Waals surface area contributed by atoms with Gasteiger partial charge in [0.2, 0.25) is 5.91 Å². The summed E-state index contributed by atoms with van der Waals surface area (Å²) in [6.45, 7) is 1.84. The number of ketones is 1. The van der Waals surface area contributed by atoms with Gasteiger partial charge < -0.3 is 10.2 Å². The predicted molar refractivity (Wildman–Crippen MR) is 125 cm³/mol. The van der Waals surface area contributed by atoms with Crippen LogP contribution in [-0.4, -0.2) is 54.4 Å². The third-order valence-electron chi connectivity index (χ3n) is 6.85. The number of halogens is 4. The monoisotopic (exact) mass is 493 g/mol. The Morgan fingerprint density at radius 2 is 1.89 bits per heavy atom. The molecule has 0 spiro atoms. The van der Waals surface area contributed by atoms with Gasteiger partial charge in [0.05, 0.1) is 11.0 Å². The summed E-state index contributed by atoms with van der Waals surface area (Å²) in [7, 11) is 3.61. The SMILES string of the molecule is CCC(=O)c1ccc(C[C@@H](CNC(=O)C[C@@H](c2ccccn2)C2(C(F)(F)F)CC2)N(C)C)cc1F. The first-order valence-electron chi connectivity index (χ1n) is 11.7. The minimum Gasteiger partial charge on any atom is -0.355 e. The second kappa shape index (κ2) is 10.8. The Morgan fingerprint density at radius 3 is 2.40 bits per heavy atom. The Labute approximate surface area is 202 Å². The smallest absolute Gasteiger partial charge is 0.355 e. The fourth-order valence-corrected chi connectivity index (χ4v) is 4.43. The van der Waals surface area contributed by atoms with E-state index in [1.54, 1.807) is 25.1 Å². The molecule has 2 atom stereocenters. The largest absolute Gasteiger partial charge is 0.395 e. The maximum absolute atomic E-state index is 14.4. The van der Waals surface area contributed by atoms with Crippen LogP contribution in [0.5, 0.6) is 0 Å². The van der Waals surface area contributed by atoms with Gasteiger partial charge in [-0.05, 0) is 63.2 Å². The van der Waals surface area contributed by atoms with Gasteiger partial charge in [0.15, 0.2) is 5.78 Å². The number of nitrogens with zero attached hydrogens (tertiary/aromatic N) is 2. The van der Waals surface area contributed by atoms with Crippen LogP contribution in [0.25, 0.3) is 0 Å². The molecule has 0 radical (unpaired) electrons. The molecule has 1 fully saturated rings. The van der Waals surface area contributed by atoms with Crippen molar-refractivity contribution < 1.29 is 27.2 Å². The van der Waals surface area contributed by atoms with Gasteiger partial charge in [-0.2, -0.15) is 13.2 Å². The number of Topliss-reactive ketones (excluding diaryl/α,β-unsaturated/α-hetero) is 1. The zero-order valence-corrected chi connectivity index (χ0v) is 20.2. The average molecular weight is 494 g/mol. The van der Waals surface area contributed by atoms with Crippen LogP contribution in [0.4, 0.5) is 17.6 Å². The molecule has 1 amide bonds. The molecule has 35 heavy (non-hydrogen) atoms. The van der Waals surface area contributed by atoms with Crippen LogP contribution in [0.15, 0.2) is 42.6 Å². The number of pyridine rings is 1. The van der Waals surface area contributed by atoms with E-state index in [0.29, 0.717) is 12.0 Å². The van der Waals surface area contributed by atoms with Crippen molar-refractivity contribution in [2.75, 3.05) is 20.6 Å². The van der Waals surface area contributed by atoms with Crippen LogP contribution in [0, 0.1) is 11.2 Å². The minimum atomic E-state index is -4.42. The Balaban J connectivity index is 1.68. The summed E-state index contributed by atoms with van der Waals surface area (Å²) in [4.78, 5) is 30.6. The number of hydrogen-bond donors (Lipinski definition) is 1. The molecule has 2 aromatic rings. The number of likely N-dealkylation sites (N-methyl/N-ethyl adjacent to an activating group) is 1. The van der Waals surface area contributed by atoms with Crippen molar-refractivity contribution in [1.82, 2.24) is 15.2 Å². The highest BCUT2D eigenvalue weighted by molar-refractivity contribution is 5.96. The Bertz CT molecular complexity index is 1040. The molecule has 5 nitrogen and oxygen atoms in total. The molecule has 1 aliphatic rings. The zero-order valence-electron chi connectivity index (χ0n) is 20.2. The minimum absolute atomic E-state index is 0.0204. The highest BCUT2D eigenvalue weighted by Crippen LogP contribution is 2.65. The summed E-state index contributed by atoms with van der Waals surface area (Å²) in [5.41, 5.74) is -0.957. The van der Waals surface area contributed by atoms with Crippen LogP contribution < -0.4 is 5.32 Å². The quantitative estimate of drug-likeness (QED) is 0.357. The maximum atomic E-state index is 14.4. The first-order valence-corrected chi connectivity index (χ1v) is 11.7. The van der Waals surface area contributed by atoms with E-state index < -0.39 is 29.2 Å². The van der Waals surface area contributed by atoms with Gasteiger partial charge in [0, 0.05) is 43.2 Å². The lowest BCUT2D eigenvalue weighted by molar-refractivity contribution is -0.195. The van der Waals surface area contributed by atoms with E-state index in [4.69, 9.17) is 0 Å². The summed E-state index contributed by atoms with van der Waals surface area (Å²) in [5, 5.41) is 2.77. The summed E-state index contributed by atoms with van der Waals surface area (Å²) in [5.74, 6) is -2.41. The first-order chi connectivity index (χ1) is 16.5. The molecule has 0 unspecified atom stereocenters. The van der Waals surface area contributed by atoms with E-state index >= 15 is 0 Å². The van der Waals surface area contributed by atoms with Crippen molar-refractivity contribution in [2.24, 2.45) is 5.41 Å². The number of carbonyl (C=O) groups excluding carboxylic acids is 2. The van der Waals surface area contributed by atoms with Crippen LogP contribution in [0.1, 0.15) is 60.1 Å². The Kier molecular flexibility index (Phi) is 8.30. The van der Waals surface area contributed by atoms with Gasteiger partial charge in [-0.15, -0.1) is 0 Å². The average Bonchev–Trinajstić information content (AvgIpc) is 3.62. The van der Waals surface area contributed by atoms with Gasteiger partial charge in [0.25, 0.3) is 0 Å².